The SMILES string of the molecule is COc1ccc(Cc2[nH]c(C)nc2Br)c(OC)c1. The van der Waals surface area contributed by atoms with Gasteiger partial charge in [-0.3, -0.25) is 0 Å². The van der Waals surface area contributed by atoms with Gasteiger partial charge in [0.25, 0.3) is 0 Å². The van der Waals surface area contributed by atoms with E-state index < -0.39 is 0 Å². The van der Waals surface area contributed by atoms with Crippen molar-refractivity contribution in [3.8, 4) is 11.5 Å². The number of hydrogen-bond donors (Lipinski definition) is 1. The lowest BCUT2D eigenvalue weighted by Gasteiger charge is -2.09. The van der Waals surface area contributed by atoms with E-state index in [1.807, 2.05) is 25.1 Å². The number of halogens is 1. The minimum Gasteiger partial charge on any atom is -0.497 e. The van der Waals surface area contributed by atoms with Gasteiger partial charge in [0.05, 0.1) is 19.9 Å². The van der Waals surface area contributed by atoms with Crippen LogP contribution in [0, 0.1) is 6.92 Å². The molecule has 96 valence electrons. The maximum Gasteiger partial charge on any atom is 0.127 e. The summed E-state index contributed by atoms with van der Waals surface area (Å²) in [5.74, 6) is 2.49. The molecule has 1 N–H and O–H groups in total. The Morgan fingerprint density at radius 3 is 2.61 bits per heavy atom. The highest BCUT2D eigenvalue weighted by Gasteiger charge is 2.10. The van der Waals surface area contributed by atoms with Crippen molar-refractivity contribution in [3.63, 3.8) is 0 Å². The van der Waals surface area contributed by atoms with E-state index in [2.05, 4.69) is 25.9 Å². The number of ether oxygens (including phenoxy) is 2. The number of imidazole rings is 1. The van der Waals surface area contributed by atoms with E-state index in [4.69, 9.17) is 9.47 Å². The van der Waals surface area contributed by atoms with Crippen LogP contribution >= 0.6 is 15.9 Å². The molecule has 0 fully saturated rings. The van der Waals surface area contributed by atoms with Crippen molar-refractivity contribution in [2.75, 3.05) is 14.2 Å². The van der Waals surface area contributed by atoms with Gasteiger partial charge in [0.15, 0.2) is 0 Å². The van der Waals surface area contributed by atoms with Crippen LogP contribution in [0.4, 0.5) is 0 Å². The predicted molar refractivity (Wildman–Crippen MR) is 73.4 cm³/mol. The molecule has 0 amide bonds. The van der Waals surface area contributed by atoms with Crippen LogP contribution in [0.2, 0.25) is 0 Å². The van der Waals surface area contributed by atoms with Crippen LogP contribution in [0.25, 0.3) is 0 Å². The van der Waals surface area contributed by atoms with Crippen LogP contribution < -0.4 is 9.47 Å². The van der Waals surface area contributed by atoms with E-state index in [1.165, 1.54) is 0 Å². The van der Waals surface area contributed by atoms with Crippen molar-refractivity contribution in [1.29, 1.82) is 0 Å². The smallest absolute Gasteiger partial charge is 0.127 e. The lowest BCUT2D eigenvalue weighted by Crippen LogP contribution is -1.96. The molecule has 2 aromatic rings. The fourth-order valence-corrected chi connectivity index (χ4v) is 2.32. The fraction of sp³-hybridized carbons (Fsp3) is 0.308. The largest absolute Gasteiger partial charge is 0.497 e. The highest BCUT2D eigenvalue weighted by Crippen LogP contribution is 2.28. The number of nitrogens with zero attached hydrogens (tertiary/aromatic N) is 1. The van der Waals surface area contributed by atoms with Crippen molar-refractivity contribution in [2.24, 2.45) is 0 Å². The number of aromatic nitrogens is 2. The maximum atomic E-state index is 5.38. The monoisotopic (exact) mass is 310 g/mol. The number of H-pyrrole nitrogens is 1. The first-order chi connectivity index (χ1) is 8.63. The van der Waals surface area contributed by atoms with Gasteiger partial charge < -0.3 is 14.5 Å². The summed E-state index contributed by atoms with van der Waals surface area (Å²) in [6.07, 6.45) is 0.731. The zero-order chi connectivity index (χ0) is 13.1. The number of hydrogen-bond acceptors (Lipinski definition) is 3. The topological polar surface area (TPSA) is 47.1 Å². The molecule has 1 aromatic heterocycles. The number of aromatic amines is 1. The Morgan fingerprint density at radius 2 is 2.06 bits per heavy atom. The summed E-state index contributed by atoms with van der Waals surface area (Å²) in [4.78, 5) is 7.52. The molecular weight excluding hydrogens is 296 g/mol. The lowest BCUT2D eigenvalue weighted by atomic mass is 10.1. The maximum absolute atomic E-state index is 5.38. The van der Waals surface area contributed by atoms with E-state index in [0.29, 0.717) is 0 Å². The first-order valence-corrected chi connectivity index (χ1v) is 6.35. The Bertz CT molecular complexity index is 552. The molecule has 5 heteroatoms. The summed E-state index contributed by atoms with van der Waals surface area (Å²) in [6, 6.07) is 5.81. The standard InChI is InChI=1S/C13H15BrN2O2/c1-8-15-11(13(14)16-8)6-9-4-5-10(17-2)7-12(9)18-3/h4-5,7H,6H2,1-3H3,(H,15,16). The van der Waals surface area contributed by atoms with Gasteiger partial charge in [0.2, 0.25) is 0 Å². The Balaban J connectivity index is 2.31. The molecule has 4 nitrogen and oxygen atoms in total. The third-order valence-electron chi connectivity index (χ3n) is 2.71. The summed E-state index contributed by atoms with van der Waals surface area (Å²) in [5, 5.41) is 0. The van der Waals surface area contributed by atoms with Gasteiger partial charge in [-0.15, -0.1) is 0 Å². The summed E-state index contributed by atoms with van der Waals surface area (Å²) in [5.41, 5.74) is 2.12. The van der Waals surface area contributed by atoms with Crippen LogP contribution in [-0.2, 0) is 6.42 Å². The van der Waals surface area contributed by atoms with Crippen LogP contribution in [0.5, 0.6) is 11.5 Å². The quantitative estimate of drug-likeness (QED) is 0.944. The second-order valence-corrected chi connectivity index (χ2v) is 4.70. The fourth-order valence-electron chi connectivity index (χ4n) is 1.82. The molecule has 0 spiro atoms. The van der Waals surface area contributed by atoms with Crippen LogP contribution in [0.15, 0.2) is 22.8 Å². The zero-order valence-electron chi connectivity index (χ0n) is 10.6. The highest BCUT2D eigenvalue weighted by molar-refractivity contribution is 9.10. The first kappa shape index (κ1) is 13.0. The molecule has 0 aliphatic carbocycles. The molecule has 1 aromatic carbocycles. The summed E-state index contributed by atoms with van der Waals surface area (Å²) in [7, 11) is 3.30. The van der Waals surface area contributed by atoms with E-state index in [0.717, 1.165) is 39.6 Å². The second-order valence-electron chi connectivity index (χ2n) is 3.95. The van der Waals surface area contributed by atoms with Crippen LogP contribution in [-0.4, -0.2) is 24.2 Å². The van der Waals surface area contributed by atoms with Crippen molar-refractivity contribution < 1.29 is 9.47 Å². The van der Waals surface area contributed by atoms with Crippen molar-refractivity contribution in [3.05, 3.63) is 39.9 Å². The number of methoxy groups -OCH3 is 2. The molecule has 2 rings (SSSR count). The van der Waals surface area contributed by atoms with Gasteiger partial charge >= 0.3 is 0 Å². The van der Waals surface area contributed by atoms with E-state index in [9.17, 15) is 0 Å². The highest BCUT2D eigenvalue weighted by atomic mass is 79.9. The lowest BCUT2D eigenvalue weighted by molar-refractivity contribution is 0.391. The molecule has 0 radical (unpaired) electrons. The van der Waals surface area contributed by atoms with E-state index in [1.54, 1.807) is 14.2 Å². The van der Waals surface area contributed by atoms with Crippen molar-refractivity contribution >= 4 is 15.9 Å². The molecule has 0 saturated heterocycles. The number of aryl methyl sites for hydroxylation is 1. The number of rotatable bonds is 4. The molecule has 0 unspecified atom stereocenters. The van der Waals surface area contributed by atoms with Crippen molar-refractivity contribution in [1.82, 2.24) is 9.97 Å². The minimum atomic E-state index is 0.731. The molecule has 0 atom stereocenters. The Hall–Kier alpha value is -1.49. The average molecular weight is 311 g/mol. The summed E-state index contributed by atoms with van der Waals surface area (Å²) in [6.45, 7) is 1.93. The van der Waals surface area contributed by atoms with E-state index in [-0.39, 0.29) is 0 Å². The van der Waals surface area contributed by atoms with Gasteiger partial charge in [0, 0.05) is 18.1 Å². The predicted octanol–water partition coefficient (Wildman–Crippen LogP) is 3.09. The summed E-state index contributed by atoms with van der Waals surface area (Å²) < 4.78 is 11.4. The minimum absolute atomic E-state index is 0.731. The molecule has 0 saturated carbocycles. The first-order valence-electron chi connectivity index (χ1n) is 5.56. The third-order valence-corrected chi connectivity index (χ3v) is 3.36. The van der Waals surface area contributed by atoms with Gasteiger partial charge in [0.1, 0.15) is 21.9 Å². The average Bonchev–Trinajstić information content (AvgIpc) is 2.68. The molecule has 0 aliphatic heterocycles. The van der Waals surface area contributed by atoms with Gasteiger partial charge in [-0.25, -0.2) is 4.98 Å². The number of nitrogens with one attached hydrogen (secondary N) is 1. The molecular formula is C13H15BrN2O2. The van der Waals surface area contributed by atoms with Crippen molar-refractivity contribution in [2.45, 2.75) is 13.3 Å². The molecule has 1 heterocycles. The molecule has 0 bridgehead atoms. The van der Waals surface area contributed by atoms with Crippen LogP contribution in [0.1, 0.15) is 17.1 Å². The number of benzene rings is 1. The van der Waals surface area contributed by atoms with Gasteiger partial charge in [-0.1, -0.05) is 6.07 Å². The normalized spacial score (nSPS) is 10.4. The second kappa shape index (κ2) is 5.44. The Labute approximate surface area is 114 Å². The third kappa shape index (κ3) is 2.67. The van der Waals surface area contributed by atoms with E-state index >= 15 is 0 Å². The van der Waals surface area contributed by atoms with Gasteiger partial charge in [-0.2, -0.15) is 0 Å². The summed E-state index contributed by atoms with van der Waals surface area (Å²) >= 11 is 3.44. The molecule has 18 heavy (non-hydrogen) atoms. The zero-order valence-corrected chi connectivity index (χ0v) is 12.2. The Morgan fingerprint density at radius 1 is 1.28 bits per heavy atom. The van der Waals surface area contributed by atoms with Gasteiger partial charge in [-0.05, 0) is 28.9 Å². The Kier molecular flexibility index (Phi) is 3.91. The van der Waals surface area contributed by atoms with Crippen LogP contribution in [0.3, 0.4) is 0 Å². The molecule has 0 aliphatic rings.